The molecule has 0 aliphatic carbocycles. The Hall–Kier alpha value is -0.430. The van der Waals surface area contributed by atoms with Crippen molar-refractivity contribution in [3.8, 4) is 0 Å². The van der Waals surface area contributed by atoms with Crippen LogP contribution in [-0.4, -0.2) is 32.4 Å². The van der Waals surface area contributed by atoms with E-state index in [2.05, 4.69) is 0 Å². The zero-order valence-electron chi connectivity index (χ0n) is 8.88. The van der Waals surface area contributed by atoms with Gasteiger partial charge in [-0.05, 0) is 17.9 Å². The number of hydrogen-bond acceptors (Lipinski definition) is 4. The summed E-state index contributed by atoms with van der Waals surface area (Å²) in [5.74, 6) is 0. The van der Waals surface area contributed by atoms with Gasteiger partial charge in [0.2, 0.25) is 0 Å². The molecule has 0 radical (unpaired) electrons. The van der Waals surface area contributed by atoms with Crippen molar-refractivity contribution in [1.29, 1.82) is 0 Å². The first-order valence-electron chi connectivity index (χ1n) is 4.74. The van der Waals surface area contributed by atoms with Crippen LogP contribution in [0.5, 0.6) is 0 Å². The summed E-state index contributed by atoms with van der Waals surface area (Å²) in [5, 5.41) is 1.75. The molecule has 15 heavy (non-hydrogen) atoms. The molecule has 1 aromatic rings. The average Bonchev–Trinajstić information content (AvgIpc) is 2.70. The Labute approximate surface area is 94.8 Å². The van der Waals surface area contributed by atoms with Gasteiger partial charge in [-0.3, -0.25) is 0 Å². The number of likely N-dealkylation sites (N-methyl/N-ethyl adjacent to an activating group) is 1. The van der Waals surface area contributed by atoms with Gasteiger partial charge < -0.3 is 5.73 Å². The van der Waals surface area contributed by atoms with Crippen LogP contribution in [0, 0.1) is 0 Å². The van der Waals surface area contributed by atoms with E-state index in [4.69, 9.17) is 5.73 Å². The van der Waals surface area contributed by atoms with Gasteiger partial charge in [0.15, 0.2) is 0 Å². The summed E-state index contributed by atoms with van der Waals surface area (Å²) in [4.78, 5) is 0. The number of thiophene rings is 1. The molecule has 0 spiro atoms. The summed E-state index contributed by atoms with van der Waals surface area (Å²) >= 11 is 1.22. The molecule has 6 heteroatoms. The zero-order valence-corrected chi connectivity index (χ0v) is 10.5. The molecule has 1 rings (SSSR count). The Morgan fingerprint density at radius 2 is 2.27 bits per heavy atom. The highest BCUT2D eigenvalue weighted by Crippen LogP contribution is 2.19. The lowest BCUT2D eigenvalue weighted by Crippen LogP contribution is -2.38. The molecule has 0 amide bonds. The van der Waals surface area contributed by atoms with E-state index < -0.39 is 10.0 Å². The molecule has 0 aliphatic heterocycles. The van der Waals surface area contributed by atoms with Crippen molar-refractivity contribution < 1.29 is 8.42 Å². The minimum Gasteiger partial charge on any atom is -0.327 e. The molecule has 0 bridgehead atoms. The molecule has 1 aromatic heterocycles. The molecule has 0 aromatic carbocycles. The molecule has 0 saturated heterocycles. The van der Waals surface area contributed by atoms with Crippen molar-refractivity contribution in [2.75, 3.05) is 13.6 Å². The third-order valence-corrected chi connectivity index (χ3v) is 5.37. The van der Waals surface area contributed by atoms with E-state index in [1.165, 1.54) is 15.6 Å². The summed E-state index contributed by atoms with van der Waals surface area (Å²) in [5.41, 5.74) is 5.72. The van der Waals surface area contributed by atoms with Gasteiger partial charge in [0.1, 0.15) is 4.21 Å². The predicted octanol–water partition coefficient (Wildman–Crippen LogP) is 1.11. The van der Waals surface area contributed by atoms with Gasteiger partial charge in [-0.1, -0.05) is 13.0 Å². The minimum atomic E-state index is -3.33. The number of hydrogen-bond donors (Lipinski definition) is 1. The number of nitrogens with zero attached hydrogens (tertiary/aromatic N) is 1. The van der Waals surface area contributed by atoms with Gasteiger partial charge in [-0.25, -0.2) is 8.42 Å². The van der Waals surface area contributed by atoms with Crippen molar-refractivity contribution in [1.82, 2.24) is 4.31 Å². The first kappa shape index (κ1) is 12.6. The summed E-state index contributed by atoms with van der Waals surface area (Å²) in [6.07, 6.45) is 0.768. The van der Waals surface area contributed by atoms with Gasteiger partial charge >= 0.3 is 0 Å². The van der Waals surface area contributed by atoms with Crippen LogP contribution in [0.1, 0.15) is 13.3 Å². The third-order valence-electron chi connectivity index (χ3n) is 2.18. The lowest BCUT2D eigenvalue weighted by molar-refractivity contribution is 0.430. The molecule has 0 fully saturated rings. The maximum Gasteiger partial charge on any atom is 0.252 e. The van der Waals surface area contributed by atoms with Crippen molar-refractivity contribution in [3.05, 3.63) is 17.5 Å². The Morgan fingerprint density at radius 1 is 1.60 bits per heavy atom. The van der Waals surface area contributed by atoms with E-state index in [-0.39, 0.29) is 6.04 Å². The van der Waals surface area contributed by atoms with Gasteiger partial charge in [-0.2, -0.15) is 4.31 Å². The van der Waals surface area contributed by atoms with Gasteiger partial charge in [0.25, 0.3) is 10.0 Å². The Balaban J connectivity index is 2.79. The maximum atomic E-state index is 11.9. The lowest BCUT2D eigenvalue weighted by atomic mass is 10.2. The zero-order chi connectivity index (χ0) is 11.5. The quantitative estimate of drug-likeness (QED) is 0.849. The van der Waals surface area contributed by atoms with Gasteiger partial charge in [-0.15, -0.1) is 11.3 Å². The fourth-order valence-corrected chi connectivity index (χ4v) is 3.55. The van der Waals surface area contributed by atoms with Crippen LogP contribution in [0.3, 0.4) is 0 Å². The van der Waals surface area contributed by atoms with E-state index in [0.717, 1.165) is 6.42 Å². The van der Waals surface area contributed by atoms with Crippen LogP contribution in [0.15, 0.2) is 21.7 Å². The second-order valence-corrected chi connectivity index (χ2v) is 6.61. The van der Waals surface area contributed by atoms with Crippen LogP contribution in [0.25, 0.3) is 0 Å². The van der Waals surface area contributed by atoms with E-state index in [9.17, 15) is 8.42 Å². The van der Waals surface area contributed by atoms with E-state index >= 15 is 0 Å². The average molecular weight is 248 g/mol. The highest BCUT2D eigenvalue weighted by Gasteiger charge is 2.22. The minimum absolute atomic E-state index is 0.107. The molecule has 86 valence electrons. The molecule has 1 heterocycles. The second-order valence-electron chi connectivity index (χ2n) is 3.39. The van der Waals surface area contributed by atoms with Crippen LogP contribution in [0.4, 0.5) is 0 Å². The SMILES string of the molecule is CC[C@H](N)CN(C)S(=O)(=O)c1cccs1. The fraction of sp³-hybridized carbons (Fsp3) is 0.556. The normalized spacial score (nSPS) is 14.4. The molecule has 1 atom stereocenters. The third kappa shape index (κ3) is 3.01. The van der Waals surface area contributed by atoms with Crippen LogP contribution in [0.2, 0.25) is 0 Å². The first-order chi connectivity index (χ1) is 6.98. The molecule has 0 aliphatic rings. The summed E-state index contributed by atoms with van der Waals surface area (Å²) in [6, 6.07) is 3.23. The molecular weight excluding hydrogens is 232 g/mol. The van der Waals surface area contributed by atoms with Crippen LogP contribution >= 0.6 is 11.3 Å². The molecular formula is C9H16N2O2S2. The monoisotopic (exact) mass is 248 g/mol. The number of sulfonamides is 1. The predicted molar refractivity (Wildman–Crippen MR) is 62.4 cm³/mol. The van der Waals surface area contributed by atoms with Crippen molar-refractivity contribution in [3.63, 3.8) is 0 Å². The lowest BCUT2D eigenvalue weighted by Gasteiger charge is -2.19. The van der Waals surface area contributed by atoms with E-state index in [0.29, 0.717) is 10.8 Å². The number of nitrogens with two attached hydrogens (primary N) is 1. The summed E-state index contributed by atoms with van der Waals surface area (Å²) < 4.78 is 25.5. The fourth-order valence-electron chi connectivity index (χ4n) is 1.12. The molecule has 4 nitrogen and oxygen atoms in total. The van der Waals surface area contributed by atoms with Crippen molar-refractivity contribution in [2.24, 2.45) is 5.73 Å². The maximum absolute atomic E-state index is 11.9. The number of rotatable bonds is 5. The van der Waals surface area contributed by atoms with Gasteiger partial charge in [0, 0.05) is 19.6 Å². The smallest absolute Gasteiger partial charge is 0.252 e. The second kappa shape index (κ2) is 5.07. The Bertz CT molecular complexity index is 386. The Kier molecular flexibility index (Phi) is 4.27. The highest BCUT2D eigenvalue weighted by molar-refractivity contribution is 7.91. The largest absolute Gasteiger partial charge is 0.327 e. The van der Waals surface area contributed by atoms with Gasteiger partial charge in [0.05, 0.1) is 0 Å². The van der Waals surface area contributed by atoms with Crippen LogP contribution in [-0.2, 0) is 10.0 Å². The molecule has 2 N–H and O–H groups in total. The van der Waals surface area contributed by atoms with E-state index in [1.54, 1.807) is 24.6 Å². The standard InChI is InChI=1S/C9H16N2O2S2/c1-3-8(10)7-11(2)15(12,13)9-5-4-6-14-9/h4-6,8H,3,7,10H2,1-2H3/t8-/m0/s1. The Morgan fingerprint density at radius 3 is 2.73 bits per heavy atom. The van der Waals surface area contributed by atoms with Crippen LogP contribution < -0.4 is 5.73 Å². The summed E-state index contributed by atoms with van der Waals surface area (Å²) in [7, 11) is -1.77. The van der Waals surface area contributed by atoms with Crippen molar-refractivity contribution in [2.45, 2.75) is 23.6 Å². The highest BCUT2D eigenvalue weighted by atomic mass is 32.2. The molecule has 0 saturated carbocycles. The summed E-state index contributed by atoms with van der Waals surface area (Å²) in [6.45, 7) is 2.30. The topological polar surface area (TPSA) is 63.4 Å². The van der Waals surface area contributed by atoms with Crippen molar-refractivity contribution >= 4 is 21.4 Å². The molecule has 0 unspecified atom stereocenters. The van der Waals surface area contributed by atoms with E-state index in [1.807, 2.05) is 6.92 Å². The first-order valence-corrected chi connectivity index (χ1v) is 7.06.